The summed E-state index contributed by atoms with van der Waals surface area (Å²) in [5.41, 5.74) is 6.68. The first kappa shape index (κ1) is 22.1. The number of hydrogen-bond donors (Lipinski definition) is 0. The normalized spacial score (nSPS) is 13.0. The zero-order chi connectivity index (χ0) is 23.2. The van der Waals surface area contributed by atoms with E-state index < -0.39 is 0 Å². The molecule has 1 aliphatic rings. The van der Waals surface area contributed by atoms with Crippen molar-refractivity contribution in [2.24, 2.45) is 0 Å². The summed E-state index contributed by atoms with van der Waals surface area (Å²) in [5, 5.41) is 0. The zero-order valence-corrected chi connectivity index (χ0v) is 19.3. The standard InChI is InChI=1S/C29H29N3O2/c33-28-11-6-10-25-26(28)14-15-29(27(25)13-12-23-9-4-5-16-31-23)34-18-17-32-21-30-20-24(32)19-22-7-2-1-3-8-22/h1-5,7-9,14-16,20-21H,6,10-13,17-19H2. The molecule has 34 heavy (non-hydrogen) atoms. The molecule has 0 aliphatic heterocycles. The molecular weight excluding hydrogens is 422 g/mol. The molecule has 4 aromatic rings. The van der Waals surface area contributed by atoms with Crippen molar-refractivity contribution in [1.29, 1.82) is 0 Å². The molecule has 0 radical (unpaired) electrons. The first-order valence-electron chi connectivity index (χ1n) is 12.0. The van der Waals surface area contributed by atoms with Gasteiger partial charge in [0, 0.05) is 42.2 Å². The van der Waals surface area contributed by atoms with Crippen LogP contribution in [-0.4, -0.2) is 26.9 Å². The Morgan fingerprint density at radius 2 is 1.82 bits per heavy atom. The number of ether oxygens (including phenoxy) is 1. The molecular formula is C29H29N3O2. The number of imidazole rings is 1. The lowest BCUT2D eigenvalue weighted by atomic mass is 9.85. The van der Waals surface area contributed by atoms with Crippen LogP contribution in [0.2, 0.25) is 0 Å². The first-order valence-corrected chi connectivity index (χ1v) is 12.0. The fourth-order valence-corrected chi connectivity index (χ4v) is 4.74. The van der Waals surface area contributed by atoms with Gasteiger partial charge in [-0.15, -0.1) is 0 Å². The van der Waals surface area contributed by atoms with Gasteiger partial charge in [0.2, 0.25) is 0 Å². The number of fused-ring (bicyclic) bond motifs is 1. The summed E-state index contributed by atoms with van der Waals surface area (Å²) in [6.45, 7) is 1.26. The van der Waals surface area contributed by atoms with Crippen molar-refractivity contribution in [2.75, 3.05) is 6.61 Å². The van der Waals surface area contributed by atoms with E-state index in [4.69, 9.17) is 4.74 Å². The zero-order valence-electron chi connectivity index (χ0n) is 19.3. The minimum atomic E-state index is 0.246. The Labute approximate surface area is 200 Å². The molecule has 5 heteroatoms. The SMILES string of the molecule is O=C1CCCc2c1ccc(OCCn1cncc1Cc1ccccc1)c2CCc1ccccn1. The molecule has 0 N–H and O–H groups in total. The molecule has 5 rings (SSSR count). The Kier molecular flexibility index (Phi) is 6.80. The molecule has 2 aromatic heterocycles. The van der Waals surface area contributed by atoms with E-state index in [1.54, 1.807) is 0 Å². The van der Waals surface area contributed by atoms with Gasteiger partial charge in [0.25, 0.3) is 0 Å². The number of carbonyl (C=O) groups is 1. The van der Waals surface area contributed by atoms with Crippen molar-refractivity contribution in [3.63, 3.8) is 0 Å². The van der Waals surface area contributed by atoms with Gasteiger partial charge in [-0.2, -0.15) is 0 Å². The molecule has 0 unspecified atom stereocenters. The molecule has 0 bridgehead atoms. The van der Waals surface area contributed by atoms with Crippen LogP contribution in [0.15, 0.2) is 79.4 Å². The number of pyridine rings is 1. The molecule has 0 atom stereocenters. The van der Waals surface area contributed by atoms with Crippen molar-refractivity contribution >= 4 is 5.78 Å². The first-order chi connectivity index (χ1) is 16.8. The Bertz CT molecular complexity index is 1250. The van der Waals surface area contributed by atoms with Gasteiger partial charge in [0.1, 0.15) is 12.4 Å². The Balaban J connectivity index is 1.31. The second-order valence-electron chi connectivity index (χ2n) is 8.76. The highest BCUT2D eigenvalue weighted by atomic mass is 16.5. The van der Waals surface area contributed by atoms with Crippen LogP contribution in [0, 0.1) is 0 Å². The average Bonchev–Trinajstić information content (AvgIpc) is 3.31. The third-order valence-corrected chi connectivity index (χ3v) is 6.49. The predicted molar refractivity (Wildman–Crippen MR) is 132 cm³/mol. The highest BCUT2D eigenvalue weighted by Gasteiger charge is 2.22. The fraction of sp³-hybridized carbons (Fsp3) is 0.276. The largest absolute Gasteiger partial charge is 0.491 e. The lowest BCUT2D eigenvalue weighted by Crippen LogP contribution is -2.16. The predicted octanol–water partition coefficient (Wildman–Crippen LogP) is 5.25. The summed E-state index contributed by atoms with van der Waals surface area (Å²) in [5.74, 6) is 1.13. The summed E-state index contributed by atoms with van der Waals surface area (Å²) < 4.78 is 8.48. The van der Waals surface area contributed by atoms with E-state index in [0.29, 0.717) is 13.0 Å². The lowest BCUT2D eigenvalue weighted by Gasteiger charge is -2.22. The van der Waals surface area contributed by atoms with Crippen LogP contribution in [0.4, 0.5) is 0 Å². The van der Waals surface area contributed by atoms with Crippen LogP contribution in [0.25, 0.3) is 0 Å². The third kappa shape index (κ3) is 5.09. The molecule has 0 amide bonds. The van der Waals surface area contributed by atoms with Gasteiger partial charge in [-0.1, -0.05) is 36.4 Å². The maximum Gasteiger partial charge on any atom is 0.163 e. The molecule has 0 saturated carbocycles. The van der Waals surface area contributed by atoms with E-state index in [2.05, 4.69) is 38.8 Å². The number of ketones is 1. The molecule has 2 aromatic carbocycles. The smallest absolute Gasteiger partial charge is 0.163 e. The third-order valence-electron chi connectivity index (χ3n) is 6.49. The summed E-state index contributed by atoms with van der Waals surface area (Å²) in [6, 6.07) is 20.4. The molecule has 172 valence electrons. The highest BCUT2D eigenvalue weighted by Crippen LogP contribution is 2.32. The number of benzene rings is 2. The van der Waals surface area contributed by atoms with E-state index in [-0.39, 0.29) is 5.78 Å². The molecule has 5 nitrogen and oxygen atoms in total. The van der Waals surface area contributed by atoms with Crippen LogP contribution in [0.5, 0.6) is 5.75 Å². The Hall–Kier alpha value is -3.73. The van der Waals surface area contributed by atoms with Crippen molar-refractivity contribution in [1.82, 2.24) is 14.5 Å². The maximum absolute atomic E-state index is 12.5. The number of aromatic nitrogens is 3. The Morgan fingerprint density at radius 3 is 2.68 bits per heavy atom. The van der Waals surface area contributed by atoms with E-state index >= 15 is 0 Å². The topological polar surface area (TPSA) is 57.0 Å². The lowest BCUT2D eigenvalue weighted by molar-refractivity contribution is 0.0972. The Morgan fingerprint density at radius 1 is 0.941 bits per heavy atom. The van der Waals surface area contributed by atoms with E-state index in [0.717, 1.165) is 66.8 Å². The van der Waals surface area contributed by atoms with Crippen LogP contribution >= 0.6 is 0 Å². The average molecular weight is 452 g/mol. The minimum Gasteiger partial charge on any atom is -0.491 e. The number of Topliss-reactive ketones (excluding diaryl/α,β-unsaturated/α-hetero) is 1. The summed E-state index contributed by atoms with van der Waals surface area (Å²) in [7, 11) is 0. The van der Waals surface area contributed by atoms with Gasteiger partial charge >= 0.3 is 0 Å². The fourth-order valence-electron chi connectivity index (χ4n) is 4.74. The van der Waals surface area contributed by atoms with Gasteiger partial charge in [-0.25, -0.2) is 4.98 Å². The maximum atomic E-state index is 12.5. The molecule has 0 fully saturated rings. The second kappa shape index (κ2) is 10.5. The summed E-state index contributed by atoms with van der Waals surface area (Å²) in [4.78, 5) is 21.3. The van der Waals surface area contributed by atoms with Crippen molar-refractivity contribution < 1.29 is 9.53 Å². The summed E-state index contributed by atoms with van der Waals surface area (Å²) >= 11 is 0. The highest BCUT2D eigenvalue weighted by molar-refractivity contribution is 5.99. The molecule has 0 saturated heterocycles. The number of rotatable bonds is 9. The van der Waals surface area contributed by atoms with Crippen molar-refractivity contribution in [3.05, 3.63) is 113 Å². The molecule has 2 heterocycles. The van der Waals surface area contributed by atoms with E-state index in [1.165, 1.54) is 11.3 Å². The van der Waals surface area contributed by atoms with Gasteiger partial charge < -0.3 is 9.30 Å². The number of carbonyl (C=O) groups excluding carboxylic acids is 1. The number of nitrogens with zero attached hydrogens (tertiary/aromatic N) is 3. The van der Waals surface area contributed by atoms with Gasteiger partial charge in [0.05, 0.1) is 12.9 Å². The van der Waals surface area contributed by atoms with Crippen molar-refractivity contribution in [3.8, 4) is 5.75 Å². The minimum absolute atomic E-state index is 0.246. The van der Waals surface area contributed by atoms with Crippen molar-refractivity contribution in [2.45, 2.75) is 45.1 Å². The number of aryl methyl sites for hydroxylation is 1. The quantitative estimate of drug-likeness (QED) is 0.349. The van der Waals surface area contributed by atoms with Gasteiger partial charge in [-0.05, 0) is 66.6 Å². The summed E-state index contributed by atoms with van der Waals surface area (Å²) in [6.07, 6.45) is 10.6. The number of hydrogen-bond acceptors (Lipinski definition) is 4. The van der Waals surface area contributed by atoms with Crippen LogP contribution in [-0.2, 0) is 32.2 Å². The molecule has 0 spiro atoms. The second-order valence-corrected chi connectivity index (χ2v) is 8.76. The van der Waals surface area contributed by atoms with E-state index in [1.807, 2.05) is 55.1 Å². The monoisotopic (exact) mass is 451 g/mol. The van der Waals surface area contributed by atoms with E-state index in [9.17, 15) is 4.79 Å². The van der Waals surface area contributed by atoms with Gasteiger partial charge in [0.15, 0.2) is 5.78 Å². The van der Waals surface area contributed by atoms with Gasteiger partial charge in [-0.3, -0.25) is 9.78 Å². The molecule has 1 aliphatic carbocycles. The van der Waals surface area contributed by atoms with Crippen LogP contribution in [0.3, 0.4) is 0 Å². The van der Waals surface area contributed by atoms with Crippen LogP contribution in [0.1, 0.15) is 51.3 Å². The van der Waals surface area contributed by atoms with Crippen LogP contribution < -0.4 is 4.74 Å².